The van der Waals surface area contributed by atoms with Gasteiger partial charge in [-0.25, -0.2) is 9.36 Å². The predicted octanol–water partition coefficient (Wildman–Crippen LogP) is 4.20. The maximum absolute atomic E-state index is 12.2. The maximum atomic E-state index is 12.2. The number of hydrogen-bond acceptors (Lipinski definition) is 3. The largest absolute Gasteiger partial charge is 0.495 e. The number of ether oxygens (including phenoxy) is 2. The number of carbonyl (C=O) groups is 1. The van der Waals surface area contributed by atoms with Gasteiger partial charge in [0.05, 0.1) is 7.11 Å². The fourth-order valence-electron chi connectivity index (χ4n) is 1.83. The van der Waals surface area contributed by atoms with Crippen molar-refractivity contribution < 1.29 is 14.3 Å². The molecule has 2 aromatic rings. The van der Waals surface area contributed by atoms with Crippen LogP contribution in [0.4, 0.5) is 4.79 Å². The Balaban J connectivity index is 2.58. The molecule has 1 aromatic carbocycles. The van der Waals surface area contributed by atoms with E-state index in [1.54, 1.807) is 13.3 Å². The van der Waals surface area contributed by atoms with Crippen molar-refractivity contribution in [3.05, 3.63) is 28.9 Å². The Morgan fingerprint density at radius 3 is 2.58 bits per heavy atom. The monoisotopic (exact) mass is 325 g/mol. The second-order valence-corrected chi connectivity index (χ2v) is 6.04. The van der Waals surface area contributed by atoms with Crippen molar-refractivity contribution in [2.75, 3.05) is 7.11 Å². The lowest BCUT2D eigenvalue weighted by Crippen LogP contribution is -2.26. The Morgan fingerprint density at radius 1 is 1.32 bits per heavy atom. The third kappa shape index (κ3) is 2.76. The molecule has 0 bridgehead atoms. The van der Waals surface area contributed by atoms with Gasteiger partial charge in [0.15, 0.2) is 0 Å². The van der Waals surface area contributed by atoms with E-state index in [1.807, 2.05) is 39.0 Å². The Labute approximate surface area is 120 Å². The van der Waals surface area contributed by atoms with Gasteiger partial charge in [-0.05, 0) is 42.8 Å². The summed E-state index contributed by atoms with van der Waals surface area (Å²) >= 11 is 3.44. The molecule has 0 aliphatic rings. The van der Waals surface area contributed by atoms with Crippen molar-refractivity contribution in [1.29, 1.82) is 0 Å². The maximum Gasteiger partial charge on any atom is 0.419 e. The zero-order valence-corrected chi connectivity index (χ0v) is 12.9. The summed E-state index contributed by atoms with van der Waals surface area (Å²) in [4.78, 5) is 12.2. The summed E-state index contributed by atoms with van der Waals surface area (Å²) in [6.07, 6.45) is 1.27. The van der Waals surface area contributed by atoms with E-state index in [1.165, 1.54) is 4.57 Å². The highest BCUT2D eigenvalue weighted by Crippen LogP contribution is 2.33. The van der Waals surface area contributed by atoms with Gasteiger partial charge in [0.1, 0.15) is 16.9 Å². The second-order valence-electron chi connectivity index (χ2n) is 5.18. The molecular formula is C14H16BrNO3. The van der Waals surface area contributed by atoms with Crippen LogP contribution in [0.15, 0.2) is 28.9 Å². The molecule has 1 aromatic heterocycles. The SMILES string of the molecule is COc1cccc2c(Br)cn(C(=O)OC(C)(C)C)c12. The van der Waals surface area contributed by atoms with Crippen LogP contribution in [0.25, 0.3) is 10.9 Å². The van der Waals surface area contributed by atoms with Gasteiger partial charge in [-0.1, -0.05) is 12.1 Å². The minimum absolute atomic E-state index is 0.423. The molecule has 102 valence electrons. The first-order valence-electron chi connectivity index (χ1n) is 5.90. The lowest BCUT2D eigenvalue weighted by atomic mass is 10.2. The van der Waals surface area contributed by atoms with E-state index in [-0.39, 0.29) is 0 Å². The third-order valence-corrected chi connectivity index (χ3v) is 3.18. The number of rotatable bonds is 1. The summed E-state index contributed by atoms with van der Waals surface area (Å²) in [6, 6.07) is 5.61. The molecule has 4 nitrogen and oxygen atoms in total. The van der Waals surface area contributed by atoms with Crippen molar-refractivity contribution in [3.8, 4) is 5.75 Å². The Bertz CT molecular complexity index is 625. The molecule has 5 heteroatoms. The first kappa shape index (κ1) is 13.9. The van der Waals surface area contributed by atoms with E-state index in [9.17, 15) is 4.79 Å². The molecule has 19 heavy (non-hydrogen) atoms. The fourth-order valence-corrected chi connectivity index (χ4v) is 2.36. The number of halogens is 1. The number of carbonyl (C=O) groups excluding carboxylic acids is 1. The molecule has 0 unspecified atom stereocenters. The molecule has 0 spiro atoms. The number of hydrogen-bond donors (Lipinski definition) is 0. The Morgan fingerprint density at radius 2 is 2.00 bits per heavy atom. The summed E-state index contributed by atoms with van der Waals surface area (Å²) < 4.78 is 13.0. The summed E-state index contributed by atoms with van der Waals surface area (Å²) in [7, 11) is 1.58. The molecule has 0 aliphatic heterocycles. The molecule has 0 aliphatic carbocycles. The van der Waals surface area contributed by atoms with Gasteiger partial charge in [0.2, 0.25) is 0 Å². The Kier molecular flexibility index (Phi) is 3.58. The van der Waals surface area contributed by atoms with E-state index in [2.05, 4.69) is 15.9 Å². The average Bonchev–Trinajstić information content (AvgIpc) is 2.65. The zero-order chi connectivity index (χ0) is 14.2. The van der Waals surface area contributed by atoms with E-state index < -0.39 is 11.7 Å². The minimum atomic E-state index is -0.540. The van der Waals surface area contributed by atoms with Crippen molar-refractivity contribution >= 4 is 32.9 Å². The van der Waals surface area contributed by atoms with Crippen LogP contribution in [-0.4, -0.2) is 23.4 Å². The molecule has 0 fully saturated rings. The normalized spacial score (nSPS) is 11.6. The molecule has 0 saturated heterocycles. The molecule has 0 saturated carbocycles. The summed E-state index contributed by atoms with van der Waals surface area (Å²) in [5, 5.41) is 0.908. The first-order valence-corrected chi connectivity index (χ1v) is 6.69. The van der Waals surface area contributed by atoms with Gasteiger partial charge >= 0.3 is 6.09 Å². The van der Waals surface area contributed by atoms with Crippen LogP contribution in [0.3, 0.4) is 0 Å². The number of benzene rings is 1. The highest BCUT2D eigenvalue weighted by Gasteiger charge is 2.21. The van der Waals surface area contributed by atoms with Crippen LogP contribution >= 0.6 is 15.9 Å². The first-order chi connectivity index (χ1) is 8.83. The number of aromatic nitrogens is 1. The van der Waals surface area contributed by atoms with Crippen molar-refractivity contribution in [3.63, 3.8) is 0 Å². The van der Waals surface area contributed by atoms with E-state index in [0.717, 1.165) is 9.86 Å². The standard InChI is InChI=1S/C14H16BrNO3/c1-14(2,3)19-13(17)16-8-10(15)9-6-5-7-11(18-4)12(9)16/h5-8H,1-4H3. The summed E-state index contributed by atoms with van der Waals surface area (Å²) in [6.45, 7) is 5.51. The molecule has 0 radical (unpaired) electrons. The van der Waals surface area contributed by atoms with Crippen LogP contribution in [0.1, 0.15) is 20.8 Å². The van der Waals surface area contributed by atoms with E-state index >= 15 is 0 Å². The highest BCUT2D eigenvalue weighted by atomic mass is 79.9. The Hall–Kier alpha value is -1.49. The number of methoxy groups -OCH3 is 1. The van der Waals surface area contributed by atoms with Gasteiger partial charge in [-0.3, -0.25) is 0 Å². The molecule has 0 amide bonds. The molecule has 1 heterocycles. The second kappa shape index (κ2) is 4.89. The molecule has 0 atom stereocenters. The zero-order valence-electron chi connectivity index (χ0n) is 11.4. The lowest BCUT2D eigenvalue weighted by Gasteiger charge is -2.20. The summed E-state index contributed by atoms with van der Waals surface area (Å²) in [5.74, 6) is 0.633. The van der Waals surface area contributed by atoms with E-state index in [4.69, 9.17) is 9.47 Å². The number of fused-ring (bicyclic) bond motifs is 1. The van der Waals surface area contributed by atoms with Crippen LogP contribution in [0, 0.1) is 0 Å². The predicted molar refractivity (Wildman–Crippen MR) is 77.8 cm³/mol. The third-order valence-electron chi connectivity index (χ3n) is 2.55. The van der Waals surface area contributed by atoms with Gasteiger partial charge in [-0.2, -0.15) is 0 Å². The number of nitrogens with zero attached hydrogens (tertiary/aromatic N) is 1. The van der Waals surface area contributed by atoms with Crippen LogP contribution in [0.5, 0.6) is 5.75 Å². The van der Waals surface area contributed by atoms with Gasteiger partial charge in [0, 0.05) is 16.1 Å². The fraction of sp³-hybridized carbons (Fsp3) is 0.357. The van der Waals surface area contributed by atoms with Crippen molar-refractivity contribution in [2.24, 2.45) is 0 Å². The summed E-state index contributed by atoms with van der Waals surface area (Å²) in [5.41, 5.74) is 0.161. The molecule has 0 N–H and O–H groups in total. The average molecular weight is 326 g/mol. The lowest BCUT2D eigenvalue weighted by molar-refractivity contribution is 0.0543. The van der Waals surface area contributed by atoms with Crippen LogP contribution in [0.2, 0.25) is 0 Å². The van der Waals surface area contributed by atoms with Crippen molar-refractivity contribution in [2.45, 2.75) is 26.4 Å². The quantitative estimate of drug-likeness (QED) is 0.789. The number of para-hydroxylation sites is 1. The van der Waals surface area contributed by atoms with Gasteiger partial charge in [-0.15, -0.1) is 0 Å². The topological polar surface area (TPSA) is 40.5 Å². The van der Waals surface area contributed by atoms with Gasteiger partial charge < -0.3 is 9.47 Å². The molecular weight excluding hydrogens is 310 g/mol. The van der Waals surface area contributed by atoms with E-state index in [0.29, 0.717) is 11.3 Å². The minimum Gasteiger partial charge on any atom is -0.495 e. The smallest absolute Gasteiger partial charge is 0.419 e. The van der Waals surface area contributed by atoms with Crippen LogP contribution < -0.4 is 4.74 Å². The molecule has 2 rings (SSSR count). The van der Waals surface area contributed by atoms with Crippen LogP contribution in [-0.2, 0) is 4.74 Å². The van der Waals surface area contributed by atoms with Crippen molar-refractivity contribution in [1.82, 2.24) is 4.57 Å². The highest BCUT2D eigenvalue weighted by molar-refractivity contribution is 9.10. The van der Waals surface area contributed by atoms with Gasteiger partial charge in [0.25, 0.3) is 0 Å².